The second kappa shape index (κ2) is 6.63. The molecule has 0 bridgehead atoms. The van der Waals surface area contributed by atoms with Crippen LogP contribution in [-0.4, -0.2) is 14.9 Å². The molecule has 2 aromatic rings. The number of halogens is 1. The van der Waals surface area contributed by atoms with E-state index in [0.717, 1.165) is 34.4 Å². The summed E-state index contributed by atoms with van der Waals surface area (Å²) in [6, 6.07) is 2.21. The van der Waals surface area contributed by atoms with Gasteiger partial charge in [-0.2, -0.15) is 5.10 Å². The van der Waals surface area contributed by atoms with Crippen molar-refractivity contribution in [2.45, 2.75) is 58.1 Å². The fourth-order valence-electron chi connectivity index (χ4n) is 2.99. The molecule has 0 spiro atoms. The molecule has 1 aliphatic rings. The molecule has 1 aliphatic carbocycles. The minimum atomic E-state index is -0.578. The van der Waals surface area contributed by atoms with Crippen molar-refractivity contribution in [3.8, 4) is 0 Å². The molecule has 0 aromatic carbocycles. The lowest BCUT2D eigenvalue weighted by atomic mass is 10.1. The standard InChI is InChI=1S/C16H21BrN2OS/c1-2-8-19-15(12(17)10-18-19)16(20)14-9-11-6-4-3-5-7-13(11)21-14/h9-10,16,20H,2-8H2,1H3. The molecule has 1 N–H and O–H groups in total. The molecule has 2 aromatic heterocycles. The molecule has 0 saturated heterocycles. The number of hydrogen-bond acceptors (Lipinski definition) is 3. The Morgan fingerprint density at radius 2 is 2.19 bits per heavy atom. The van der Waals surface area contributed by atoms with Gasteiger partial charge in [-0.05, 0) is 59.7 Å². The number of hydrogen-bond donors (Lipinski definition) is 1. The van der Waals surface area contributed by atoms with Gasteiger partial charge in [0.2, 0.25) is 0 Å². The van der Waals surface area contributed by atoms with E-state index in [9.17, 15) is 5.11 Å². The normalized spacial score (nSPS) is 16.5. The molecule has 0 radical (unpaired) electrons. The van der Waals surface area contributed by atoms with Gasteiger partial charge in [-0.15, -0.1) is 11.3 Å². The van der Waals surface area contributed by atoms with E-state index in [1.807, 2.05) is 4.68 Å². The molecule has 114 valence electrons. The third-order valence-electron chi connectivity index (χ3n) is 4.06. The molecule has 3 nitrogen and oxygen atoms in total. The summed E-state index contributed by atoms with van der Waals surface area (Å²) in [5.41, 5.74) is 2.33. The van der Waals surface area contributed by atoms with Crippen LogP contribution in [0.2, 0.25) is 0 Å². The zero-order chi connectivity index (χ0) is 14.8. The van der Waals surface area contributed by atoms with Crippen LogP contribution in [0.4, 0.5) is 0 Å². The van der Waals surface area contributed by atoms with E-state index in [4.69, 9.17) is 0 Å². The Balaban J connectivity index is 1.92. The fourth-order valence-corrected chi connectivity index (χ4v) is 4.75. The van der Waals surface area contributed by atoms with E-state index in [2.05, 4.69) is 34.0 Å². The average molecular weight is 369 g/mol. The van der Waals surface area contributed by atoms with Gasteiger partial charge in [-0.1, -0.05) is 13.3 Å². The Kier molecular flexibility index (Phi) is 4.82. The zero-order valence-corrected chi connectivity index (χ0v) is 14.7. The lowest BCUT2D eigenvalue weighted by Gasteiger charge is -2.12. The van der Waals surface area contributed by atoms with Crippen molar-refractivity contribution in [2.24, 2.45) is 0 Å². The second-order valence-electron chi connectivity index (χ2n) is 5.66. The molecule has 0 amide bonds. The van der Waals surface area contributed by atoms with Gasteiger partial charge in [0, 0.05) is 16.3 Å². The van der Waals surface area contributed by atoms with Crippen molar-refractivity contribution in [3.63, 3.8) is 0 Å². The van der Waals surface area contributed by atoms with Crippen molar-refractivity contribution in [3.05, 3.63) is 37.7 Å². The minimum absolute atomic E-state index is 0.578. The number of fused-ring (bicyclic) bond motifs is 1. The van der Waals surface area contributed by atoms with Crippen molar-refractivity contribution in [1.82, 2.24) is 9.78 Å². The first-order chi connectivity index (χ1) is 10.2. The lowest BCUT2D eigenvalue weighted by molar-refractivity contribution is 0.210. The molecular weight excluding hydrogens is 348 g/mol. The maximum Gasteiger partial charge on any atom is 0.131 e. The largest absolute Gasteiger partial charge is 0.381 e. The minimum Gasteiger partial charge on any atom is -0.381 e. The van der Waals surface area contributed by atoms with Crippen LogP contribution in [0, 0.1) is 0 Å². The van der Waals surface area contributed by atoms with Crippen LogP contribution in [0.1, 0.15) is 59.7 Å². The Morgan fingerprint density at radius 3 is 3.00 bits per heavy atom. The SMILES string of the molecule is CCCn1ncc(Br)c1C(O)c1cc2c(s1)CCCCC2. The lowest BCUT2D eigenvalue weighted by Crippen LogP contribution is -2.09. The van der Waals surface area contributed by atoms with Gasteiger partial charge in [0.15, 0.2) is 0 Å². The Morgan fingerprint density at radius 1 is 1.38 bits per heavy atom. The molecule has 0 fully saturated rings. The van der Waals surface area contributed by atoms with Gasteiger partial charge < -0.3 is 5.11 Å². The van der Waals surface area contributed by atoms with E-state index >= 15 is 0 Å². The van der Waals surface area contributed by atoms with E-state index in [-0.39, 0.29) is 0 Å². The highest BCUT2D eigenvalue weighted by atomic mass is 79.9. The summed E-state index contributed by atoms with van der Waals surface area (Å²) in [5, 5.41) is 15.2. The highest BCUT2D eigenvalue weighted by molar-refractivity contribution is 9.10. The Labute approximate surface area is 138 Å². The van der Waals surface area contributed by atoms with E-state index < -0.39 is 6.10 Å². The van der Waals surface area contributed by atoms with Crippen LogP contribution in [-0.2, 0) is 19.4 Å². The molecule has 0 saturated carbocycles. The third kappa shape index (κ3) is 3.10. The van der Waals surface area contributed by atoms with Crippen LogP contribution in [0.5, 0.6) is 0 Å². The Bertz CT molecular complexity index is 596. The number of thiophene rings is 1. The summed E-state index contributed by atoms with van der Waals surface area (Å²) in [7, 11) is 0. The fraction of sp³-hybridized carbons (Fsp3) is 0.562. The number of aliphatic hydroxyl groups excluding tert-OH is 1. The third-order valence-corrected chi connectivity index (χ3v) is 5.96. The number of aryl methyl sites for hydroxylation is 3. The van der Waals surface area contributed by atoms with Crippen molar-refractivity contribution >= 4 is 27.3 Å². The first kappa shape index (κ1) is 15.3. The van der Waals surface area contributed by atoms with Crippen LogP contribution < -0.4 is 0 Å². The van der Waals surface area contributed by atoms with Crippen molar-refractivity contribution in [1.29, 1.82) is 0 Å². The molecule has 0 aliphatic heterocycles. The van der Waals surface area contributed by atoms with E-state index in [0.29, 0.717) is 0 Å². The molecular formula is C16H21BrN2OS. The predicted molar refractivity (Wildman–Crippen MR) is 89.9 cm³/mol. The molecule has 21 heavy (non-hydrogen) atoms. The molecule has 1 unspecified atom stereocenters. The summed E-state index contributed by atoms with van der Waals surface area (Å²) < 4.78 is 2.81. The highest BCUT2D eigenvalue weighted by Crippen LogP contribution is 2.36. The molecule has 5 heteroatoms. The van der Waals surface area contributed by atoms with Crippen molar-refractivity contribution < 1.29 is 5.11 Å². The molecule has 3 rings (SSSR count). The van der Waals surface area contributed by atoms with E-state index in [1.54, 1.807) is 17.5 Å². The number of aromatic nitrogens is 2. The van der Waals surface area contributed by atoms with Gasteiger partial charge in [0.1, 0.15) is 6.10 Å². The van der Waals surface area contributed by atoms with E-state index in [1.165, 1.54) is 36.1 Å². The van der Waals surface area contributed by atoms with Crippen LogP contribution in [0.15, 0.2) is 16.7 Å². The smallest absolute Gasteiger partial charge is 0.131 e. The second-order valence-corrected chi connectivity index (χ2v) is 7.68. The average Bonchev–Trinajstić information content (AvgIpc) is 2.97. The van der Waals surface area contributed by atoms with Gasteiger partial charge in [-0.3, -0.25) is 4.68 Å². The monoisotopic (exact) mass is 368 g/mol. The quantitative estimate of drug-likeness (QED) is 0.808. The van der Waals surface area contributed by atoms with Crippen LogP contribution in [0.3, 0.4) is 0 Å². The maximum atomic E-state index is 10.8. The van der Waals surface area contributed by atoms with Gasteiger partial charge in [-0.25, -0.2) is 0 Å². The van der Waals surface area contributed by atoms with Crippen molar-refractivity contribution in [2.75, 3.05) is 0 Å². The highest BCUT2D eigenvalue weighted by Gasteiger charge is 2.23. The molecule has 2 heterocycles. The van der Waals surface area contributed by atoms with Crippen LogP contribution >= 0.6 is 27.3 Å². The maximum absolute atomic E-state index is 10.8. The van der Waals surface area contributed by atoms with Gasteiger partial charge in [0.25, 0.3) is 0 Å². The van der Waals surface area contributed by atoms with Gasteiger partial charge in [0.05, 0.1) is 16.4 Å². The van der Waals surface area contributed by atoms with Crippen LogP contribution in [0.25, 0.3) is 0 Å². The first-order valence-corrected chi connectivity index (χ1v) is 9.32. The first-order valence-electron chi connectivity index (χ1n) is 7.71. The number of rotatable bonds is 4. The summed E-state index contributed by atoms with van der Waals surface area (Å²) >= 11 is 5.31. The predicted octanol–water partition coefficient (Wildman–Crippen LogP) is 4.47. The summed E-state index contributed by atoms with van der Waals surface area (Å²) in [6.45, 7) is 2.96. The zero-order valence-electron chi connectivity index (χ0n) is 12.3. The summed E-state index contributed by atoms with van der Waals surface area (Å²) in [6.07, 6.45) is 8.42. The summed E-state index contributed by atoms with van der Waals surface area (Å²) in [4.78, 5) is 2.53. The summed E-state index contributed by atoms with van der Waals surface area (Å²) in [5.74, 6) is 0. The Hall–Kier alpha value is -0.650. The van der Waals surface area contributed by atoms with Gasteiger partial charge >= 0.3 is 0 Å². The number of nitrogens with zero attached hydrogens (tertiary/aromatic N) is 2. The topological polar surface area (TPSA) is 38.0 Å². The number of aliphatic hydroxyl groups is 1. The molecule has 1 atom stereocenters.